The summed E-state index contributed by atoms with van der Waals surface area (Å²) < 4.78 is 0. The lowest BCUT2D eigenvalue weighted by atomic mass is 10.0. The minimum atomic E-state index is -0.374. The highest BCUT2D eigenvalue weighted by Crippen LogP contribution is 2.30. The number of nitro benzene ring substituents is 1. The summed E-state index contributed by atoms with van der Waals surface area (Å²) in [5.41, 5.74) is 4.05. The summed E-state index contributed by atoms with van der Waals surface area (Å²) >= 11 is 0. The van der Waals surface area contributed by atoms with Crippen molar-refractivity contribution < 1.29 is 4.92 Å². The van der Waals surface area contributed by atoms with Gasteiger partial charge >= 0.3 is 0 Å². The molecule has 20 heavy (non-hydrogen) atoms. The Bertz CT molecular complexity index is 650. The van der Waals surface area contributed by atoms with Gasteiger partial charge < -0.3 is 0 Å². The van der Waals surface area contributed by atoms with Gasteiger partial charge in [-0.05, 0) is 6.54 Å². The first-order valence-corrected chi connectivity index (χ1v) is 6.72. The Kier molecular flexibility index (Phi) is 3.23. The van der Waals surface area contributed by atoms with E-state index in [1.165, 1.54) is 11.6 Å². The SMILES string of the molecule is CCN1CCc2[nH]nc(-c3cccc([N+](=O)[O-])c3)c2C1. The first kappa shape index (κ1) is 12.8. The van der Waals surface area contributed by atoms with Crippen molar-refractivity contribution in [2.45, 2.75) is 19.9 Å². The molecule has 0 bridgehead atoms. The lowest BCUT2D eigenvalue weighted by molar-refractivity contribution is -0.384. The van der Waals surface area contributed by atoms with E-state index < -0.39 is 0 Å². The maximum absolute atomic E-state index is 10.9. The largest absolute Gasteiger partial charge is 0.299 e. The van der Waals surface area contributed by atoms with E-state index in [0.717, 1.165) is 43.0 Å². The average molecular weight is 272 g/mol. The van der Waals surface area contributed by atoms with Crippen LogP contribution in [0.15, 0.2) is 24.3 Å². The first-order chi connectivity index (χ1) is 9.69. The lowest BCUT2D eigenvalue weighted by Gasteiger charge is -2.25. The topological polar surface area (TPSA) is 75.1 Å². The third kappa shape index (κ3) is 2.18. The summed E-state index contributed by atoms with van der Waals surface area (Å²) in [4.78, 5) is 12.9. The number of rotatable bonds is 3. The predicted octanol–water partition coefficient (Wildman–Crippen LogP) is 2.36. The van der Waals surface area contributed by atoms with Gasteiger partial charge in [0.05, 0.1) is 10.6 Å². The Morgan fingerprint density at radius 1 is 1.50 bits per heavy atom. The summed E-state index contributed by atoms with van der Waals surface area (Å²) in [7, 11) is 0. The van der Waals surface area contributed by atoms with Crippen molar-refractivity contribution in [2.75, 3.05) is 13.1 Å². The number of aromatic nitrogens is 2. The highest BCUT2D eigenvalue weighted by Gasteiger charge is 2.22. The number of H-pyrrole nitrogens is 1. The Morgan fingerprint density at radius 3 is 3.10 bits per heavy atom. The third-order valence-corrected chi connectivity index (χ3v) is 3.79. The number of hydrogen-bond acceptors (Lipinski definition) is 4. The number of non-ortho nitro benzene ring substituents is 1. The standard InChI is InChI=1S/C14H16N4O2/c1-2-17-7-6-13-12(9-17)14(16-15-13)10-4-3-5-11(8-10)18(19)20/h3-5,8H,2,6-7,9H2,1H3,(H,15,16). The molecule has 0 amide bonds. The zero-order chi connectivity index (χ0) is 14.1. The molecule has 2 aromatic rings. The molecule has 3 rings (SSSR count). The number of aromatic amines is 1. The summed E-state index contributed by atoms with van der Waals surface area (Å²) in [5.74, 6) is 0. The molecule has 0 fully saturated rings. The molecule has 2 heterocycles. The molecule has 0 spiro atoms. The van der Waals surface area contributed by atoms with Crippen LogP contribution in [0.5, 0.6) is 0 Å². The molecule has 0 atom stereocenters. The molecule has 1 aromatic heterocycles. The highest BCUT2D eigenvalue weighted by atomic mass is 16.6. The van der Waals surface area contributed by atoms with Gasteiger partial charge in [-0.1, -0.05) is 19.1 Å². The lowest BCUT2D eigenvalue weighted by Crippen LogP contribution is -2.30. The fourth-order valence-electron chi connectivity index (χ4n) is 2.63. The Balaban J connectivity index is 2.01. The van der Waals surface area contributed by atoms with Crippen LogP contribution in [0.25, 0.3) is 11.3 Å². The van der Waals surface area contributed by atoms with Crippen molar-refractivity contribution >= 4 is 5.69 Å². The smallest absolute Gasteiger partial charge is 0.270 e. The van der Waals surface area contributed by atoms with Crippen LogP contribution in [0, 0.1) is 10.1 Å². The van der Waals surface area contributed by atoms with E-state index in [-0.39, 0.29) is 10.6 Å². The second-order valence-corrected chi connectivity index (χ2v) is 4.96. The number of fused-ring (bicyclic) bond motifs is 1. The molecule has 0 radical (unpaired) electrons. The minimum absolute atomic E-state index is 0.0995. The van der Waals surface area contributed by atoms with Crippen LogP contribution in [-0.2, 0) is 13.0 Å². The maximum atomic E-state index is 10.9. The molecule has 1 aliphatic rings. The van der Waals surface area contributed by atoms with Crippen LogP contribution in [0.2, 0.25) is 0 Å². The van der Waals surface area contributed by atoms with Gasteiger partial charge in [0.1, 0.15) is 0 Å². The molecular weight excluding hydrogens is 256 g/mol. The number of likely N-dealkylation sites (N-methyl/N-ethyl adjacent to an activating group) is 1. The van der Waals surface area contributed by atoms with Gasteiger partial charge in [-0.25, -0.2) is 0 Å². The Hall–Kier alpha value is -2.21. The average Bonchev–Trinajstić information content (AvgIpc) is 2.90. The van der Waals surface area contributed by atoms with Gasteiger partial charge in [0.15, 0.2) is 0 Å². The van der Waals surface area contributed by atoms with Crippen molar-refractivity contribution in [3.05, 3.63) is 45.6 Å². The molecule has 0 unspecified atom stereocenters. The molecule has 1 aromatic carbocycles. The van der Waals surface area contributed by atoms with Crippen molar-refractivity contribution in [1.29, 1.82) is 0 Å². The summed E-state index contributed by atoms with van der Waals surface area (Å²) in [6, 6.07) is 6.66. The second kappa shape index (κ2) is 5.05. The second-order valence-electron chi connectivity index (χ2n) is 4.96. The van der Waals surface area contributed by atoms with Crippen molar-refractivity contribution in [3.63, 3.8) is 0 Å². The third-order valence-electron chi connectivity index (χ3n) is 3.79. The number of nitrogens with one attached hydrogen (secondary N) is 1. The molecule has 6 nitrogen and oxygen atoms in total. The maximum Gasteiger partial charge on any atom is 0.270 e. The van der Waals surface area contributed by atoms with E-state index >= 15 is 0 Å². The summed E-state index contributed by atoms with van der Waals surface area (Å²) in [6.45, 7) is 5.01. The normalized spacial score (nSPS) is 15.1. The molecule has 0 saturated heterocycles. The van der Waals surface area contributed by atoms with Gasteiger partial charge in [0, 0.05) is 48.5 Å². The van der Waals surface area contributed by atoms with Gasteiger partial charge in [0.2, 0.25) is 0 Å². The molecule has 1 aliphatic heterocycles. The number of nitrogens with zero attached hydrogens (tertiary/aromatic N) is 3. The van der Waals surface area contributed by atoms with Gasteiger partial charge in [-0.2, -0.15) is 5.10 Å². The van der Waals surface area contributed by atoms with E-state index in [4.69, 9.17) is 0 Å². The number of benzene rings is 1. The van der Waals surface area contributed by atoms with Crippen LogP contribution >= 0.6 is 0 Å². The van der Waals surface area contributed by atoms with Crippen LogP contribution < -0.4 is 0 Å². The van der Waals surface area contributed by atoms with Crippen molar-refractivity contribution in [1.82, 2.24) is 15.1 Å². The van der Waals surface area contributed by atoms with Crippen molar-refractivity contribution in [3.8, 4) is 11.3 Å². The number of nitro groups is 1. The first-order valence-electron chi connectivity index (χ1n) is 6.72. The van der Waals surface area contributed by atoms with Crippen molar-refractivity contribution in [2.24, 2.45) is 0 Å². The molecule has 104 valence electrons. The molecule has 1 N–H and O–H groups in total. The molecule has 0 saturated carbocycles. The molecule has 0 aliphatic carbocycles. The van der Waals surface area contributed by atoms with E-state index in [1.807, 2.05) is 6.07 Å². The molecular formula is C14H16N4O2. The van der Waals surface area contributed by atoms with E-state index in [1.54, 1.807) is 12.1 Å². The van der Waals surface area contributed by atoms with Gasteiger partial charge in [-0.15, -0.1) is 0 Å². The number of hydrogen-bond donors (Lipinski definition) is 1. The summed E-state index contributed by atoms with van der Waals surface area (Å²) in [5, 5.41) is 18.3. The van der Waals surface area contributed by atoms with E-state index in [2.05, 4.69) is 22.0 Å². The van der Waals surface area contributed by atoms with Gasteiger partial charge in [-0.3, -0.25) is 20.1 Å². The molecule has 6 heteroatoms. The predicted molar refractivity (Wildman–Crippen MR) is 75.3 cm³/mol. The zero-order valence-corrected chi connectivity index (χ0v) is 11.3. The van der Waals surface area contributed by atoms with E-state index in [0.29, 0.717) is 0 Å². The fraction of sp³-hybridized carbons (Fsp3) is 0.357. The highest BCUT2D eigenvalue weighted by molar-refractivity contribution is 5.66. The monoisotopic (exact) mass is 272 g/mol. The Labute approximate surface area is 116 Å². The van der Waals surface area contributed by atoms with Crippen LogP contribution in [-0.4, -0.2) is 33.1 Å². The van der Waals surface area contributed by atoms with Crippen LogP contribution in [0.3, 0.4) is 0 Å². The van der Waals surface area contributed by atoms with Crippen LogP contribution in [0.4, 0.5) is 5.69 Å². The fourth-order valence-corrected chi connectivity index (χ4v) is 2.63. The van der Waals surface area contributed by atoms with Crippen LogP contribution in [0.1, 0.15) is 18.2 Å². The zero-order valence-electron chi connectivity index (χ0n) is 11.3. The minimum Gasteiger partial charge on any atom is -0.299 e. The quantitative estimate of drug-likeness (QED) is 0.687. The Morgan fingerprint density at radius 2 is 2.35 bits per heavy atom. The van der Waals surface area contributed by atoms with Gasteiger partial charge in [0.25, 0.3) is 5.69 Å². The summed E-state index contributed by atoms with van der Waals surface area (Å²) in [6.07, 6.45) is 0.950. The van der Waals surface area contributed by atoms with E-state index in [9.17, 15) is 10.1 Å².